The highest BCUT2D eigenvalue weighted by atomic mass is 16.5. The molecule has 2 aliphatic carbocycles. The van der Waals surface area contributed by atoms with Gasteiger partial charge in [0.1, 0.15) is 5.78 Å². The minimum absolute atomic E-state index is 0.245. The van der Waals surface area contributed by atoms with Crippen molar-refractivity contribution in [2.45, 2.75) is 117 Å². The van der Waals surface area contributed by atoms with Crippen molar-refractivity contribution < 1.29 is 19.1 Å². The number of ether oxygens (including phenoxy) is 2. The third kappa shape index (κ3) is 12.7. The Hall–Kier alpha value is -0.940. The van der Waals surface area contributed by atoms with Crippen LogP contribution < -0.4 is 5.73 Å². The molecule has 0 atom stereocenters. The highest BCUT2D eigenvalue weighted by Gasteiger charge is 2.23. The first-order chi connectivity index (χ1) is 14.3. The van der Waals surface area contributed by atoms with Crippen molar-refractivity contribution >= 4 is 11.7 Å². The van der Waals surface area contributed by atoms with E-state index in [2.05, 4.69) is 13.8 Å². The summed E-state index contributed by atoms with van der Waals surface area (Å²) in [6.07, 6.45) is 13.6. The minimum atomic E-state index is -0.245. The summed E-state index contributed by atoms with van der Waals surface area (Å²) in [5.74, 6) is 1.61. The number of hydrogen-bond donors (Lipinski definition) is 1. The number of carbonyl (C=O) groups excluding carboxylic acids is 2. The van der Waals surface area contributed by atoms with E-state index in [1.165, 1.54) is 19.3 Å². The van der Waals surface area contributed by atoms with Crippen LogP contribution in [-0.4, -0.2) is 37.1 Å². The normalized spacial score (nSPS) is 22.6. The van der Waals surface area contributed by atoms with Crippen molar-refractivity contribution in [1.29, 1.82) is 0 Å². The fourth-order valence-electron chi connectivity index (χ4n) is 4.19. The van der Waals surface area contributed by atoms with Crippen LogP contribution >= 0.6 is 0 Å². The average Bonchev–Trinajstić information content (AvgIpc) is 2.72. The molecule has 176 valence electrons. The maximum atomic E-state index is 11.5. The first-order valence-electron chi connectivity index (χ1n) is 12.3. The highest BCUT2D eigenvalue weighted by molar-refractivity contribution is 5.82. The number of nitrogens with two attached hydrogens (primary N) is 1. The van der Waals surface area contributed by atoms with Gasteiger partial charge in [0.15, 0.2) is 0 Å². The van der Waals surface area contributed by atoms with E-state index in [-0.39, 0.29) is 11.8 Å². The zero-order valence-corrected chi connectivity index (χ0v) is 20.0. The van der Waals surface area contributed by atoms with E-state index < -0.39 is 0 Å². The van der Waals surface area contributed by atoms with Gasteiger partial charge in [-0.05, 0) is 57.3 Å². The first kappa shape index (κ1) is 27.1. The van der Waals surface area contributed by atoms with Gasteiger partial charge in [0, 0.05) is 31.5 Å². The van der Waals surface area contributed by atoms with E-state index in [0.29, 0.717) is 42.9 Å². The van der Waals surface area contributed by atoms with Gasteiger partial charge in [-0.15, -0.1) is 0 Å². The fourth-order valence-corrected chi connectivity index (χ4v) is 4.19. The Kier molecular flexibility index (Phi) is 14.3. The number of primary amides is 1. The third-order valence-electron chi connectivity index (χ3n) is 6.17. The highest BCUT2D eigenvalue weighted by Crippen LogP contribution is 2.26. The SMILES string of the molecule is CC(C)C(=O)C1CCCCC1.CC(C)CCOC1CCC(OCCCC(N)=O)CC1. The Balaban J connectivity index is 0.000000346. The molecule has 0 unspecified atom stereocenters. The lowest BCUT2D eigenvalue weighted by Crippen LogP contribution is -2.27. The Labute approximate surface area is 184 Å². The van der Waals surface area contributed by atoms with E-state index in [4.69, 9.17) is 15.2 Å². The van der Waals surface area contributed by atoms with Crippen molar-refractivity contribution in [1.82, 2.24) is 0 Å². The molecular formula is C25H47NO4. The number of amides is 1. The van der Waals surface area contributed by atoms with Gasteiger partial charge in [-0.1, -0.05) is 47.0 Å². The van der Waals surface area contributed by atoms with Crippen molar-refractivity contribution in [2.75, 3.05) is 13.2 Å². The number of ketones is 1. The summed E-state index contributed by atoms with van der Waals surface area (Å²) < 4.78 is 11.6. The monoisotopic (exact) mass is 425 g/mol. The predicted molar refractivity (Wildman–Crippen MR) is 122 cm³/mol. The summed E-state index contributed by atoms with van der Waals surface area (Å²) in [7, 11) is 0. The van der Waals surface area contributed by atoms with Crippen LogP contribution in [-0.2, 0) is 19.1 Å². The van der Waals surface area contributed by atoms with Gasteiger partial charge in [0.25, 0.3) is 0 Å². The predicted octanol–water partition coefficient (Wildman–Crippen LogP) is 5.43. The molecule has 0 spiro atoms. The van der Waals surface area contributed by atoms with Crippen LogP contribution in [0.5, 0.6) is 0 Å². The largest absolute Gasteiger partial charge is 0.378 e. The molecule has 5 heteroatoms. The van der Waals surface area contributed by atoms with Crippen LogP contribution in [0.25, 0.3) is 0 Å². The van der Waals surface area contributed by atoms with Gasteiger partial charge in [0.2, 0.25) is 5.91 Å². The number of carbonyl (C=O) groups is 2. The molecule has 0 aliphatic heterocycles. The second-order valence-electron chi connectivity index (χ2n) is 9.78. The Morgan fingerprint density at radius 2 is 1.37 bits per heavy atom. The lowest BCUT2D eigenvalue weighted by Gasteiger charge is -2.28. The second kappa shape index (κ2) is 15.8. The van der Waals surface area contributed by atoms with Crippen LogP contribution in [0.3, 0.4) is 0 Å². The van der Waals surface area contributed by atoms with Gasteiger partial charge >= 0.3 is 0 Å². The molecule has 2 saturated carbocycles. The van der Waals surface area contributed by atoms with Crippen molar-refractivity contribution in [3.05, 3.63) is 0 Å². The van der Waals surface area contributed by atoms with E-state index >= 15 is 0 Å². The molecule has 2 fully saturated rings. The molecule has 0 radical (unpaired) electrons. The van der Waals surface area contributed by atoms with E-state index in [1.54, 1.807) is 0 Å². The summed E-state index contributed by atoms with van der Waals surface area (Å²) in [4.78, 5) is 22.1. The summed E-state index contributed by atoms with van der Waals surface area (Å²) in [5.41, 5.74) is 5.09. The zero-order valence-electron chi connectivity index (χ0n) is 20.0. The molecule has 0 bridgehead atoms. The lowest BCUT2D eigenvalue weighted by molar-refractivity contribution is -0.126. The summed E-state index contributed by atoms with van der Waals surface area (Å²) in [6, 6.07) is 0. The van der Waals surface area contributed by atoms with E-state index in [9.17, 15) is 9.59 Å². The third-order valence-corrected chi connectivity index (χ3v) is 6.17. The molecule has 0 saturated heterocycles. The topological polar surface area (TPSA) is 78.6 Å². The van der Waals surface area contributed by atoms with Crippen LogP contribution in [0.2, 0.25) is 0 Å². The van der Waals surface area contributed by atoms with Crippen LogP contribution in [0.4, 0.5) is 0 Å². The molecule has 0 aromatic rings. The summed E-state index contributed by atoms with van der Waals surface area (Å²) in [6.45, 7) is 9.99. The Bertz CT molecular complexity index is 464. The summed E-state index contributed by atoms with van der Waals surface area (Å²) in [5, 5.41) is 0. The molecule has 5 nitrogen and oxygen atoms in total. The quantitative estimate of drug-likeness (QED) is 0.447. The van der Waals surface area contributed by atoms with E-state index in [1.807, 2.05) is 13.8 Å². The van der Waals surface area contributed by atoms with Gasteiger partial charge in [-0.2, -0.15) is 0 Å². The van der Waals surface area contributed by atoms with E-state index in [0.717, 1.165) is 58.0 Å². The van der Waals surface area contributed by atoms with Crippen LogP contribution in [0.15, 0.2) is 0 Å². The molecule has 0 aromatic carbocycles. The molecule has 30 heavy (non-hydrogen) atoms. The summed E-state index contributed by atoms with van der Waals surface area (Å²) >= 11 is 0. The Morgan fingerprint density at radius 1 is 0.833 bits per heavy atom. The average molecular weight is 426 g/mol. The number of rotatable bonds is 11. The van der Waals surface area contributed by atoms with Crippen molar-refractivity contribution in [3.8, 4) is 0 Å². The lowest BCUT2D eigenvalue weighted by atomic mass is 9.83. The van der Waals surface area contributed by atoms with Gasteiger partial charge < -0.3 is 15.2 Å². The smallest absolute Gasteiger partial charge is 0.217 e. The number of Topliss-reactive ketones (excluding diaryl/α,β-unsaturated/α-hetero) is 1. The second-order valence-corrected chi connectivity index (χ2v) is 9.78. The fraction of sp³-hybridized carbons (Fsp3) is 0.920. The molecule has 0 heterocycles. The number of hydrogen-bond acceptors (Lipinski definition) is 4. The van der Waals surface area contributed by atoms with Crippen LogP contribution in [0, 0.1) is 17.8 Å². The molecule has 2 aliphatic rings. The van der Waals surface area contributed by atoms with Crippen molar-refractivity contribution in [3.63, 3.8) is 0 Å². The molecule has 0 aromatic heterocycles. The van der Waals surface area contributed by atoms with Crippen molar-refractivity contribution in [2.24, 2.45) is 23.5 Å². The van der Waals surface area contributed by atoms with Gasteiger partial charge in [0.05, 0.1) is 12.2 Å². The molecular weight excluding hydrogens is 378 g/mol. The molecule has 1 amide bonds. The van der Waals surface area contributed by atoms with Gasteiger partial charge in [-0.25, -0.2) is 0 Å². The maximum absolute atomic E-state index is 11.5. The van der Waals surface area contributed by atoms with Gasteiger partial charge in [-0.3, -0.25) is 9.59 Å². The molecule has 2 N–H and O–H groups in total. The van der Waals surface area contributed by atoms with Crippen LogP contribution in [0.1, 0.15) is 105 Å². The molecule has 2 rings (SSSR count). The standard InChI is InChI=1S/C15H29NO3.C10H18O/c1-12(2)9-11-19-14-7-5-13(6-8-14)18-10-3-4-15(16)17;1-8(2)10(11)9-6-4-3-5-7-9/h12-14H,3-11H2,1-2H3,(H2,16,17);8-9H,3-7H2,1-2H3. The first-order valence-corrected chi connectivity index (χ1v) is 12.3. The maximum Gasteiger partial charge on any atom is 0.217 e. The minimum Gasteiger partial charge on any atom is -0.378 e. The zero-order chi connectivity index (χ0) is 22.4. The Morgan fingerprint density at radius 3 is 1.83 bits per heavy atom.